The van der Waals surface area contributed by atoms with Crippen LogP contribution in [0.25, 0.3) is 75.4 Å². The lowest BCUT2D eigenvalue weighted by molar-refractivity contribution is 1.69. The van der Waals surface area contributed by atoms with Gasteiger partial charge in [0, 0.05) is 41.3 Å². The first kappa shape index (κ1) is 19.0. The highest BCUT2D eigenvalue weighted by atomic mass is 79.9. The van der Waals surface area contributed by atoms with Gasteiger partial charge in [-0.1, -0.05) is 68.3 Å². The van der Waals surface area contributed by atoms with Crippen molar-refractivity contribution in [3.8, 4) is 0 Å². The Labute approximate surface area is 208 Å². The van der Waals surface area contributed by atoms with Gasteiger partial charge in [0.05, 0.1) is 0 Å². The maximum Gasteiger partial charge on any atom is 0.195 e. The lowest BCUT2D eigenvalue weighted by Gasteiger charge is -2.19. The highest BCUT2D eigenvalue weighted by Gasteiger charge is 2.22. The molecule has 0 fully saturated rings. The van der Waals surface area contributed by atoms with Crippen molar-refractivity contribution < 1.29 is 0 Å². The normalized spacial score (nSPS) is 12.6. The minimum absolute atomic E-state index is 0.0332. The Morgan fingerprint density at radius 3 is 1.29 bits per heavy atom. The number of rotatable bonds is 0. The summed E-state index contributed by atoms with van der Waals surface area (Å²) in [5.41, 5.74) is 0.0663. The van der Waals surface area contributed by atoms with Gasteiger partial charge in [0.1, 0.15) is 0 Å². The van der Waals surface area contributed by atoms with Crippen LogP contribution in [0.5, 0.6) is 0 Å². The van der Waals surface area contributed by atoms with E-state index in [0.29, 0.717) is 10.8 Å². The predicted molar refractivity (Wildman–Crippen MR) is 150 cm³/mol. The molecule has 0 heterocycles. The number of halogens is 2. The lowest BCUT2D eigenvalue weighted by Crippen LogP contribution is -2.06. The molecule has 8 aromatic rings. The summed E-state index contributed by atoms with van der Waals surface area (Å²) in [5, 5.41) is 13.1. The van der Waals surface area contributed by atoms with Crippen LogP contribution in [-0.4, -0.2) is 0 Å². The fraction of sp³-hybridized carbons (Fsp3) is 0. The third kappa shape index (κ3) is 2.08. The molecule has 0 unspecified atom stereocenters. The van der Waals surface area contributed by atoms with Crippen molar-refractivity contribution in [1.29, 1.82) is 0 Å². The topological polar surface area (TPSA) is 34.1 Å². The van der Waals surface area contributed by atoms with Crippen molar-refractivity contribution in [2.24, 2.45) is 0 Å². The zero-order valence-corrected chi connectivity index (χ0v) is 20.7. The molecule has 0 N–H and O–H groups in total. The average Bonchev–Trinajstić information content (AvgIpc) is 2.84. The van der Waals surface area contributed by atoms with Gasteiger partial charge in [0.15, 0.2) is 10.9 Å². The summed E-state index contributed by atoms with van der Waals surface area (Å²) >= 11 is 7.20. The third-order valence-electron chi connectivity index (χ3n) is 7.41. The van der Waals surface area contributed by atoms with E-state index in [9.17, 15) is 9.59 Å². The molecule has 0 radical (unpaired) electrons. The van der Waals surface area contributed by atoms with Gasteiger partial charge >= 0.3 is 0 Å². The second-order valence-corrected chi connectivity index (χ2v) is 10.7. The first-order chi connectivity index (χ1) is 16.5. The van der Waals surface area contributed by atoms with Crippen LogP contribution in [0.4, 0.5) is 0 Å². The minimum atomic E-state index is 0.0332. The van der Waals surface area contributed by atoms with Crippen LogP contribution in [0.2, 0.25) is 0 Å². The molecule has 4 heteroatoms. The second-order valence-electron chi connectivity index (χ2n) is 9.00. The molecular weight excluding hydrogens is 552 g/mol. The molecule has 0 aliphatic carbocycles. The number of benzene rings is 8. The van der Waals surface area contributed by atoms with Gasteiger partial charge in [-0.15, -0.1) is 0 Å². The van der Waals surface area contributed by atoms with Gasteiger partial charge in [0.2, 0.25) is 0 Å². The molecule has 0 spiro atoms. The first-order valence-corrected chi connectivity index (χ1v) is 12.6. The van der Waals surface area contributed by atoms with Crippen molar-refractivity contribution in [2.75, 3.05) is 0 Å². The largest absolute Gasteiger partial charge is 0.289 e. The Bertz CT molecular complexity index is 2120. The maximum absolute atomic E-state index is 13.6. The van der Waals surface area contributed by atoms with Crippen LogP contribution in [0.1, 0.15) is 0 Å². The Morgan fingerprint density at radius 2 is 0.853 bits per heavy atom. The number of hydrogen-bond acceptors (Lipinski definition) is 2. The van der Waals surface area contributed by atoms with E-state index in [1.54, 1.807) is 0 Å². The third-order valence-corrected chi connectivity index (χ3v) is 8.74. The molecule has 0 saturated heterocycles. The van der Waals surface area contributed by atoms with Crippen LogP contribution in [0.3, 0.4) is 0 Å². The van der Waals surface area contributed by atoms with Crippen LogP contribution in [0, 0.1) is 0 Å². The second kappa shape index (κ2) is 6.21. The summed E-state index contributed by atoms with van der Waals surface area (Å²) < 4.78 is 1.62. The predicted octanol–water partition coefficient (Wildman–Crippen LogP) is 8.32. The van der Waals surface area contributed by atoms with E-state index in [0.717, 1.165) is 73.6 Å². The zero-order chi connectivity index (χ0) is 22.9. The highest BCUT2D eigenvalue weighted by Crippen LogP contribution is 2.46. The summed E-state index contributed by atoms with van der Waals surface area (Å²) in [6.45, 7) is 0. The summed E-state index contributed by atoms with van der Waals surface area (Å²) in [7, 11) is 0. The van der Waals surface area contributed by atoms with E-state index in [4.69, 9.17) is 0 Å². The highest BCUT2D eigenvalue weighted by molar-refractivity contribution is 9.11. The van der Waals surface area contributed by atoms with Crippen LogP contribution < -0.4 is 10.9 Å². The van der Waals surface area contributed by atoms with E-state index < -0.39 is 0 Å². The molecule has 34 heavy (non-hydrogen) atoms. The monoisotopic (exact) mass is 562 g/mol. The summed E-state index contributed by atoms with van der Waals surface area (Å²) in [4.78, 5) is 27.2. The number of fused-ring (bicyclic) bond motifs is 4. The quantitative estimate of drug-likeness (QED) is 0.137. The molecule has 8 aromatic carbocycles. The Kier molecular flexibility index (Phi) is 3.47. The molecule has 2 nitrogen and oxygen atoms in total. The van der Waals surface area contributed by atoms with Gasteiger partial charge in [0.25, 0.3) is 0 Å². The van der Waals surface area contributed by atoms with Crippen LogP contribution in [-0.2, 0) is 0 Å². The van der Waals surface area contributed by atoms with E-state index in [1.165, 1.54) is 0 Å². The molecule has 0 saturated carbocycles. The van der Waals surface area contributed by atoms with Crippen molar-refractivity contribution in [3.05, 3.63) is 102 Å². The first-order valence-electron chi connectivity index (χ1n) is 11.0. The molecule has 0 aliphatic rings. The standard InChI is InChI=1S/C30H12Br2O2/c31-21-5-1-3-15-19-11-13-7-10-18-26-20(16-4-2-6-22(32)28(16)30(18)34)12-14-8-9-17(29(33)27(15)21)25(19)23(14)24(13)26/h1-12H. The van der Waals surface area contributed by atoms with Gasteiger partial charge < -0.3 is 0 Å². The van der Waals surface area contributed by atoms with E-state index >= 15 is 0 Å². The Hall–Kier alpha value is -3.34. The fourth-order valence-corrected chi connectivity index (χ4v) is 7.16. The SMILES string of the molecule is O=c1c2ccc3cc4c5cccc(Br)c5c(=O)c5ccc6cc(c7cccc(Br)c17)c2c3c6c54. The molecule has 158 valence electrons. The van der Waals surface area contributed by atoms with Crippen LogP contribution in [0.15, 0.2) is 91.3 Å². The molecule has 0 amide bonds. The van der Waals surface area contributed by atoms with Gasteiger partial charge in [-0.25, -0.2) is 0 Å². The lowest BCUT2D eigenvalue weighted by atomic mass is 9.84. The zero-order valence-electron chi connectivity index (χ0n) is 17.5. The van der Waals surface area contributed by atoms with Gasteiger partial charge in [-0.2, -0.15) is 0 Å². The van der Waals surface area contributed by atoms with Gasteiger partial charge in [-0.05, 0) is 79.5 Å². The molecule has 0 atom stereocenters. The molecule has 8 rings (SSSR count). The molecule has 0 bridgehead atoms. The Morgan fingerprint density at radius 1 is 0.412 bits per heavy atom. The van der Waals surface area contributed by atoms with Crippen molar-refractivity contribution >= 4 is 107 Å². The van der Waals surface area contributed by atoms with Crippen molar-refractivity contribution in [1.82, 2.24) is 0 Å². The summed E-state index contributed by atoms with van der Waals surface area (Å²) in [6.07, 6.45) is 0. The van der Waals surface area contributed by atoms with Crippen LogP contribution >= 0.6 is 31.9 Å². The maximum atomic E-state index is 13.6. The molecular formula is C30H12Br2O2. The fourth-order valence-electron chi connectivity index (χ4n) is 6.06. The average molecular weight is 564 g/mol. The van der Waals surface area contributed by atoms with E-state index in [1.807, 2.05) is 48.5 Å². The summed E-state index contributed by atoms with van der Waals surface area (Å²) in [6, 6.07) is 24.2. The smallest absolute Gasteiger partial charge is 0.195 e. The molecule has 0 aliphatic heterocycles. The number of hydrogen-bond donors (Lipinski definition) is 0. The van der Waals surface area contributed by atoms with E-state index in [-0.39, 0.29) is 10.9 Å². The summed E-state index contributed by atoms with van der Waals surface area (Å²) in [5.74, 6) is 0. The minimum Gasteiger partial charge on any atom is -0.289 e. The Balaban J connectivity index is 1.79. The molecule has 0 aromatic heterocycles. The van der Waals surface area contributed by atoms with Gasteiger partial charge in [-0.3, -0.25) is 9.59 Å². The van der Waals surface area contributed by atoms with E-state index in [2.05, 4.69) is 56.1 Å². The van der Waals surface area contributed by atoms with Crippen molar-refractivity contribution in [3.63, 3.8) is 0 Å². The van der Waals surface area contributed by atoms with Crippen molar-refractivity contribution in [2.45, 2.75) is 0 Å².